The van der Waals surface area contributed by atoms with Crippen molar-refractivity contribution in [1.29, 1.82) is 0 Å². The summed E-state index contributed by atoms with van der Waals surface area (Å²) in [7, 11) is 0. The number of hydrogen-bond acceptors (Lipinski definition) is 3. The molecule has 0 unspecified atom stereocenters. The van der Waals surface area contributed by atoms with Crippen molar-refractivity contribution >= 4 is 45.9 Å². The standard InChI is InChI=1S/C17H24BrFN6.HI/c1-3-20-17(22-11-16-24-23-12-25(16)4-2)21-9-5-6-13-7-8-14(18)10-15(13)19;/h7-8,10,12H,3-6,9,11H2,1-2H3,(H2,20,21,22);1H. The molecule has 2 N–H and O–H groups in total. The van der Waals surface area contributed by atoms with Crippen LogP contribution in [0, 0.1) is 5.82 Å². The van der Waals surface area contributed by atoms with Gasteiger partial charge in [0.1, 0.15) is 18.7 Å². The maximum Gasteiger partial charge on any atom is 0.191 e. The van der Waals surface area contributed by atoms with Gasteiger partial charge >= 0.3 is 0 Å². The van der Waals surface area contributed by atoms with E-state index >= 15 is 0 Å². The molecule has 0 amide bonds. The van der Waals surface area contributed by atoms with Gasteiger partial charge in [-0.2, -0.15) is 0 Å². The molecule has 0 atom stereocenters. The molecule has 0 radical (unpaired) electrons. The SMILES string of the molecule is CCNC(=NCc1nncn1CC)NCCCc1ccc(Br)cc1F.I. The van der Waals surface area contributed by atoms with Crippen LogP contribution in [0.1, 0.15) is 31.7 Å². The maximum atomic E-state index is 13.8. The summed E-state index contributed by atoms with van der Waals surface area (Å²) < 4.78 is 16.5. The number of aromatic nitrogens is 3. The van der Waals surface area contributed by atoms with Gasteiger partial charge < -0.3 is 15.2 Å². The fraction of sp³-hybridized carbons (Fsp3) is 0.471. The maximum absolute atomic E-state index is 13.8. The topological polar surface area (TPSA) is 67.1 Å². The first-order chi connectivity index (χ1) is 12.1. The Balaban J connectivity index is 0.00000338. The molecule has 0 bridgehead atoms. The summed E-state index contributed by atoms with van der Waals surface area (Å²) in [5.74, 6) is 1.38. The van der Waals surface area contributed by atoms with Crippen molar-refractivity contribution in [2.24, 2.45) is 4.99 Å². The van der Waals surface area contributed by atoms with E-state index in [-0.39, 0.29) is 29.8 Å². The summed E-state index contributed by atoms with van der Waals surface area (Å²) in [6, 6.07) is 5.18. The third-order valence-electron chi connectivity index (χ3n) is 3.69. The van der Waals surface area contributed by atoms with Crippen LogP contribution >= 0.6 is 39.9 Å². The predicted molar refractivity (Wildman–Crippen MR) is 116 cm³/mol. The number of rotatable bonds is 8. The van der Waals surface area contributed by atoms with Crippen LogP contribution in [0.15, 0.2) is 34.0 Å². The van der Waals surface area contributed by atoms with Gasteiger partial charge in [0.15, 0.2) is 11.8 Å². The van der Waals surface area contributed by atoms with Crippen molar-refractivity contribution in [2.45, 2.75) is 39.8 Å². The molecule has 144 valence electrons. The molecular formula is C17H25BrFIN6. The Morgan fingerprint density at radius 3 is 2.81 bits per heavy atom. The van der Waals surface area contributed by atoms with E-state index in [1.54, 1.807) is 6.33 Å². The summed E-state index contributed by atoms with van der Waals surface area (Å²) in [4.78, 5) is 4.53. The van der Waals surface area contributed by atoms with E-state index in [0.717, 1.165) is 41.3 Å². The number of aliphatic imine (C=N–C) groups is 1. The quantitative estimate of drug-likeness (QED) is 0.234. The summed E-state index contributed by atoms with van der Waals surface area (Å²) in [6.45, 7) is 6.82. The van der Waals surface area contributed by atoms with Crippen molar-refractivity contribution < 1.29 is 4.39 Å². The van der Waals surface area contributed by atoms with Gasteiger partial charge in [-0.15, -0.1) is 34.2 Å². The Hall–Kier alpha value is -1.23. The van der Waals surface area contributed by atoms with Crippen LogP contribution in [0.3, 0.4) is 0 Å². The first kappa shape index (κ1) is 22.8. The van der Waals surface area contributed by atoms with Crippen LogP contribution in [-0.2, 0) is 19.5 Å². The fourth-order valence-corrected chi connectivity index (χ4v) is 2.70. The Morgan fingerprint density at radius 2 is 2.12 bits per heavy atom. The van der Waals surface area contributed by atoms with Crippen LogP contribution in [0.2, 0.25) is 0 Å². The van der Waals surface area contributed by atoms with Crippen molar-refractivity contribution in [3.63, 3.8) is 0 Å². The molecule has 1 aromatic carbocycles. The number of benzene rings is 1. The molecule has 0 saturated carbocycles. The third kappa shape index (κ3) is 7.18. The zero-order valence-corrected chi connectivity index (χ0v) is 18.9. The monoisotopic (exact) mass is 538 g/mol. The molecule has 1 heterocycles. The van der Waals surface area contributed by atoms with Gasteiger partial charge in [0, 0.05) is 24.1 Å². The number of guanidine groups is 1. The molecule has 0 spiro atoms. The molecule has 26 heavy (non-hydrogen) atoms. The van der Waals surface area contributed by atoms with Crippen molar-refractivity contribution in [1.82, 2.24) is 25.4 Å². The number of aryl methyl sites for hydroxylation is 2. The normalized spacial score (nSPS) is 11.2. The highest BCUT2D eigenvalue weighted by Gasteiger charge is 2.05. The largest absolute Gasteiger partial charge is 0.357 e. The minimum atomic E-state index is -0.172. The fourth-order valence-electron chi connectivity index (χ4n) is 2.37. The smallest absolute Gasteiger partial charge is 0.191 e. The molecule has 2 aromatic rings. The lowest BCUT2D eigenvalue weighted by molar-refractivity contribution is 0.601. The summed E-state index contributed by atoms with van der Waals surface area (Å²) in [5.41, 5.74) is 0.725. The van der Waals surface area contributed by atoms with Gasteiger partial charge in [-0.25, -0.2) is 9.38 Å². The van der Waals surface area contributed by atoms with Gasteiger partial charge in [-0.05, 0) is 44.4 Å². The summed E-state index contributed by atoms with van der Waals surface area (Å²) in [5, 5.41) is 14.5. The molecule has 0 aliphatic carbocycles. The van der Waals surface area contributed by atoms with Gasteiger partial charge in [-0.1, -0.05) is 22.0 Å². The average Bonchev–Trinajstić information content (AvgIpc) is 3.05. The Bertz CT molecular complexity index is 706. The van der Waals surface area contributed by atoms with E-state index < -0.39 is 0 Å². The Kier molecular flexibility index (Phi) is 10.7. The highest BCUT2D eigenvalue weighted by atomic mass is 127. The van der Waals surface area contributed by atoms with Crippen molar-refractivity contribution in [3.8, 4) is 0 Å². The van der Waals surface area contributed by atoms with Gasteiger partial charge in [-0.3, -0.25) is 0 Å². The second kappa shape index (κ2) is 12.2. The Labute approximate surface area is 179 Å². The van der Waals surface area contributed by atoms with Crippen LogP contribution < -0.4 is 10.6 Å². The summed E-state index contributed by atoms with van der Waals surface area (Å²) >= 11 is 3.27. The van der Waals surface area contributed by atoms with Crippen LogP contribution in [0.25, 0.3) is 0 Å². The molecule has 0 saturated heterocycles. The summed E-state index contributed by atoms with van der Waals surface area (Å²) in [6.07, 6.45) is 3.20. The highest BCUT2D eigenvalue weighted by molar-refractivity contribution is 14.0. The Morgan fingerprint density at radius 1 is 1.31 bits per heavy atom. The number of halogens is 3. The molecule has 9 heteroatoms. The lowest BCUT2D eigenvalue weighted by Gasteiger charge is -2.11. The molecular weight excluding hydrogens is 514 g/mol. The molecule has 0 fully saturated rings. The van der Waals surface area contributed by atoms with Crippen molar-refractivity contribution in [3.05, 3.63) is 46.2 Å². The van der Waals surface area contributed by atoms with Crippen molar-refractivity contribution in [2.75, 3.05) is 13.1 Å². The predicted octanol–water partition coefficient (Wildman–Crippen LogP) is 3.51. The van der Waals surface area contributed by atoms with E-state index in [1.165, 1.54) is 6.07 Å². The van der Waals surface area contributed by atoms with E-state index in [9.17, 15) is 4.39 Å². The molecule has 0 aliphatic heterocycles. The van der Waals surface area contributed by atoms with Crippen LogP contribution in [0.4, 0.5) is 4.39 Å². The van der Waals surface area contributed by atoms with Crippen LogP contribution in [0.5, 0.6) is 0 Å². The average molecular weight is 539 g/mol. The molecule has 6 nitrogen and oxygen atoms in total. The van der Waals surface area contributed by atoms with Gasteiger partial charge in [0.2, 0.25) is 0 Å². The van der Waals surface area contributed by atoms with Gasteiger partial charge in [0.25, 0.3) is 0 Å². The lowest BCUT2D eigenvalue weighted by Crippen LogP contribution is -2.38. The second-order valence-electron chi connectivity index (χ2n) is 5.49. The molecule has 1 aromatic heterocycles. The van der Waals surface area contributed by atoms with Crippen LogP contribution in [-0.4, -0.2) is 33.8 Å². The van der Waals surface area contributed by atoms with E-state index in [1.807, 2.05) is 30.5 Å². The van der Waals surface area contributed by atoms with E-state index in [2.05, 4.69) is 41.8 Å². The highest BCUT2D eigenvalue weighted by Crippen LogP contribution is 2.16. The minimum absolute atomic E-state index is 0. The second-order valence-corrected chi connectivity index (χ2v) is 6.41. The van der Waals surface area contributed by atoms with E-state index in [4.69, 9.17) is 0 Å². The zero-order valence-electron chi connectivity index (χ0n) is 15.0. The first-order valence-electron chi connectivity index (χ1n) is 8.46. The number of nitrogens with zero attached hydrogens (tertiary/aromatic N) is 4. The molecule has 0 aliphatic rings. The van der Waals surface area contributed by atoms with E-state index in [0.29, 0.717) is 19.5 Å². The third-order valence-corrected chi connectivity index (χ3v) is 4.18. The first-order valence-corrected chi connectivity index (χ1v) is 9.26. The number of nitrogens with one attached hydrogen (secondary N) is 2. The lowest BCUT2D eigenvalue weighted by atomic mass is 10.1. The minimum Gasteiger partial charge on any atom is -0.357 e. The zero-order chi connectivity index (χ0) is 18.1. The molecule has 2 rings (SSSR count). The van der Waals surface area contributed by atoms with Gasteiger partial charge in [0.05, 0.1) is 0 Å². The number of hydrogen-bond donors (Lipinski definition) is 2.